The maximum Gasteiger partial charge on any atom is 0.346 e. The molecule has 0 bridgehead atoms. The van der Waals surface area contributed by atoms with E-state index < -0.39 is 11.9 Å². The van der Waals surface area contributed by atoms with Crippen LogP contribution in [-0.2, 0) is 4.74 Å². The summed E-state index contributed by atoms with van der Waals surface area (Å²) in [5.74, 6) is -1.10. The molecular weight excluding hydrogens is 236 g/mol. The number of benzene rings is 1. The van der Waals surface area contributed by atoms with Gasteiger partial charge in [-0.3, -0.25) is 0 Å². The number of ether oxygens (including phenoxy) is 1. The van der Waals surface area contributed by atoms with Gasteiger partial charge in [-0.1, -0.05) is 26.0 Å². The first kappa shape index (κ1) is 14.3. The zero-order valence-corrected chi connectivity index (χ0v) is 10.3. The van der Waals surface area contributed by atoms with Crippen molar-refractivity contribution in [1.29, 1.82) is 0 Å². The van der Waals surface area contributed by atoms with Crippen molar-refractivity contribution in [3.63, 3.8) is 0 Å². The van der Waals surface area contributed by atoms with Crippen LogP contribution in [0.4, 0.5) is 0 Å². The van der Waals surface area contributed by atoms with E-state index >= 15 is 0 Å². The molecule has 0 atom stereocenters. The van der Waals surface area contributed by atoms with Crippen molar-refractivity contribution in [1.82, 2.24) is 0 Å². The van der Waals surface area contributed by atoms with Gasteiger partial charge < -0.3 is 14.9 Å². The van der Waals surface area contributed by atoms with Gasteiger partial charge in [0.1, 0.15) is 0 Å². The number of hydrogen-bond acceptors (Lipinski definition) is 5. The maximum atomic E-state index is 10.8. The first-order chi connectivity index (χ1) is 8.41. The van der Waals surface area contributed by atoms with Crippen molar-refractivity contribution in [2.45, 2.75) is 13.8 Å². The van der Waals surface area contributed by atoms with Gasteiger partial charge in [0.25, 0.3) is 0 Å². The molecule has 1 aromatic carbocycles. The zero-order valence-electron chi connectivity index (χ0n) is 10.3. The lowest BCUT2D eigenvalue weighted by Crippen LogP contribution is -2.20. The van der Waals surface area contributed by atoms with Crippen LogP contribution in [0.1, 0.15) is 34.6 Å². The van der Waals surface area contributed by atoms with Crippen LogP contribution in [0.3, 0.4) is 0 Å². The predicted octanol–water partition coefficient (Wildman–Crippen LogP) is 0.994. The smallest absolute Gasteiger partial charge is 0.346 e. The molecule has 1 aromatic rings. The van der Waals surface area contributed by atoms with Gasteiger partial charge in [0.15, 0.2) is 0 Å². The van der Waals surface area contributed by atoms with Crippen molar-refractivity contribution in [3.05, 3.63) is 35.4 Å². The molecule has 0 fully saturated rings. The molecule has 0 aromatic heterocycles. The molecule has 5 heteroatoms. The fourth-order valence-electron chi connectivity index (χ4n) is 1.08. The monoisotopic (exact) mass is 252 g/mol. The Kier molecular flexibility index (Phi) is 4.58. The number of carbonyl (C=O) groups is 2. The van der Waals surface area contributed by atoms with Gasteiger partial charge in [-0.2, -0.15) is 0 Å². The van der Waals surface area contributed by atoms with Crippen LogP contribution in [-0.4, -0.2) is 35.4 Å². The third-order valence-electron chi connectivity index (χ3n) is 2.41. The summed E-state index contributed by atoms with van der Waals surface area (Å²) in [6, 6.07) is 6.53. The van der Waals surface area contributed by atoms with E-state index in [4.69, 9.17) is 10.2 Å². The van der Waals surface area contributed by atoms with Gasteiger partial charge in [-0.15, -0.1) is 0 Å². The molecule has 0 aliphatic carbocycles. The first-order valence-corrected chi connectivity index (χ1v) is 5.48. The summed E-state index contributed by atoms with van der Waals surface area (Å²) in [5.41, 5.74) is 0.412. The lowest BCUT2D eigenvalue weighted by molar-refractivity contribution is 0.0443. The standard InChI is InChI=1S/C8H4O3.C5H12O2/c9-7-5-3-1-2-4-6(5)8(10)11-7;1-5(2,3-6)4-7/h1-4H;6-7H,3-4H2,1-2H3. The largest absolute Gasteiger partial charge is 0.396 e. The van der Waals surface area contributed by atoms with Gasteiger partial charge in [-0.05, 0) is 12.1 Å². The number of rotatable bonds is 2. The van der Waals surface area contributed by atoms with Crippen LogP contribution in [0.15, 0.2) is 24.3 Å². The molecule has 0 saturated carbocycles. The summed E-state index contributed by atoms with van der Waals surface area (Å²) in [5, 5.41) is 16.9. The molecule has 1 aliphatic heterocycles. The van der Waals surface area contributed by atoms with Crippen molar-refractivity contribution in [2.75, 3.05) is 13.2 Å². The molecule has 0 unspecified atom stereocenters. The number of carbonyl (C=O) groups excluding carboxylic acids is 2. The van der Waals surface area contributed by atoms with Gasteiger partial charge >= 0.3 is 11.9 Å². The first-order valence-electron chi connectivity index (χ1n) is 5.48. The van der Waals surface area contributed by atoms with Crippen LogP contribution in [0.25, 0.3) is 0 Å². The van der Waals surface area contributed by atoms with Crippen molar-refractivity contribution >= 4 is 11.9 Å². The van der Waals surface area contributed by atoms with E-state index in [0.29, 0.717) is 11.1 Å². The minimum atomic E-state index is -0.550. The summed E-state index contributed by atoms with van der Waals surface area (Å²) >= 11 is 0. The minimum Gasteiger partial charge on any atom is -0.396 e. The van der Waals surface area contributed by atoms with Crippen LogP contribution in [0.2, 0.25) is 0 Å². The van der Waals surface area contributed by atoms with Gasteiger partial charge in [-0.25, -0.2) is 9.59 Å². The van der Waals surface area contributed by atoms with Gasteiger partial charge in [0.2, 0.25) is 0 Å². The van der Waals surface area contributed by atoms with Gasteiger partial charge in [0.05, 0.1) is 24.3 Å². The Labute approximate surface area is 105 Å². The quantitative estimate of drug-likeness (QED) is 0.606. The van der Waals surface area contributed by atoms with Gasteiger partial charge in [0, 0.05) is 5.41 Å². The van der Waals surface area contributed by atoms with Crippen LogP contribution in [0.5, 0.6) is 0 Å². The Morgan fingerprint density at radius 2 is 1.39 bits per heavy atom. The third kappa shape index (κ3) is 3.38. The number of esters is 2. The highest BCUT2D eigenvalue weighted by atomic mass is 16.6. The van der Waals surface area contributed by atoms with E-state index in [9.17, 15) is 9.59 Å². The molecule has 1 heterocycles. The molecule has 98 valence electrons. The second-order valence-electron chi connectivity index (χ2n) is 4.70. The van der Waals surface area contributed by atoms with Crippen LogP contribution < -0.4 is 0 Å². The Morgan fingerprint density at radius 3 is 1.67 bits per heavy atom. The van der Waals surface area contributed by atoms with Crippen LogP contribution >= 0.6 is 0 Å². The molecule has 0 saturated heterocycles. The zero-order chi connectivity index (χ0) is 13.8. The summed E-state index contributed by atoms with van der Waals surface area (Å²) in [7, 11) is 0. The highest BCUT2D eigenvalue weighted by Gasteiger charge is 2.28. The molecule has 0 amide bonds. The molecule has 5 nitrogen and oxygen atoms in total. The molecule has 18 heavy (non-hydrogen) atoms. The SMILES string of the molecule is CC(C)(CO)CO.O=C1OC(=O)c2ccccc21. The number of aliphatic hydroxyl groups excluding tert-OH is 2. The molecular formula is C13H16O5. The second kappa shape index (κ2) is 5.75. The van der Waals surface area contributed by atoms with Crippen molar-refractivity contribution in [2.24, 2.45) is 5.41 Å². The predicted molar refractivity (Wildman–Crippen MR) is 64.1 cm³/mol. The highest BCUT2D eigenvalue weighted by Crippen LogP contribution is 2.18. The average Bonchev–Trinajstić information content (AvgIpc) is 2.67. The molecule has 0 radical (unpaired) electrons. The number of aliphatic hydroxyl groups is 2. The molecule has 0 spiro atoms. The topological polar surface area (TPSA) is 83.8 Å². The number of fused-ring (bicyclic) bond motifs is 1. The second-order valence-corrected chi connectivity index (χ2v) is 4.70. The molecule has 1 aliphatic rings. The Hall–Kier alpha value is -1.72. The average molecular weight is 252 g/mol. The summed E-state index contributed by atoms with van der Waals surface area (Å²) < 4.78 is 4.35. The fraction of sp³-hybridized carbons (Fsp3) is 0.385. The molecule has 2 N–H and O–H groups in total. The molecule has 2 rings (SSSR count). The van der Waals surface area contributed by atoms with E-state index in [0.717, 1.165) is 0 Å². The van der Waals surface area contributed by atoms with Crippen LogP contribution in [0, 0.1) is 5.41 Å². The van der Waals surface area contributed by atoms with Crippen molar-refractivity contribution < 1.29 is 24.5 Å². The number of hydrogen-bond donors (Lipinski definition) is 2. The Balaban J connectivity index is 0.000000203. The summed E-state index contributed by atoms with van der Waals surface area (Å²) in [6.07, 6.45) is 0. The maximum absolute atomic E-state index is 10.8. The van der Waals surface area contributed by atoms with E-state index in [1.165, 1.54) is 0 Å². The summed E-state index contributed by atoms with van der Waals surface area (Å²) in [6.45, 7) is 3.69. The lowest BCUT2D eigenvalue weighted by Gasteiger charge is -2.16. The highest BCUT2D eigenvalue weighted by molar-refractivity contribution is 6.14. The minimum absolute atomic E-state index is 0.0451. The number of cyclic esters (lactones) is 2. The third-order valence-corrected chi connectivity index (χ3v) is 2.41. The Morgan fingerprint density at radius 1 is 1.00 bits per heavy atom. The van der Waals surface area contributed by atoms with E-state index in [1.807, 2.05) is 0 Å². The normalized spacial score (nSPS) is 13.6. The summed E-state index contributed by atoms with van der Waals surface area (Å²) in [4.78, 5) is 21.7. The Bertz CT molecular complexity index is 411. The van der Waals surface area contributed by atoms with Crippen molar-refractivity contribution in [3.8, 4) is 0 Å². The van der Waals surface area contributed by atoms with E-state index in [-0.39, 0.29) is 18.6 Å². The van der Waals surface area contributed by atoms with E-state index in [2.05, 4.69) is 4.74 Å². The fourth-order valence-corrected chi connectivity index (χ4v) is 1.08. The lowest BCUT2D eigenvalue weighted by atomic mass is 9.97. The van der Waals surface area contributed by atoms with E-state index in [1.54, 1.807) is 38.1 Å².